The molecule has 156 valence electrons. The Morgan fingerprint density at radius 1 is 1.10 bits per heavy atom. The predicted octanol–water partition coefficient (Wildman–Crippen LogP) is 2.66. The molecule has 2 heterocycles. The van der Waals surface area contributed by atoms with E-state index in [2.05, 4.69) is 53.3 Å². The molecule has 0 atom stereocenters. The first-order chi connectivity index (χ1) is 14.3. The van der Waals surface area contributed by atoms with Crippen molar-refractivity contribution in [3.8, 4) is 0 Å². The largest absolute Gasteiger partial charge is 0.353 e. The number of hydrogen-bond donors (Lipinski definition) is 1. The minimum absolute atomic E-state index is 0.0264. The molecule has 30 heavy (non-hydrogen) atoms. The van der Waals surface area contributed by atoms with Gasteiger partial charge in [-0.15, -0.1) is 0 Å². The molecule has 1 aliphatic heterocycles. The van der Waals surface area contributed by atoms with E-state index in [1.807, 2.05) is 18.2 Å². The number of aromatic nitrogens is 2. The Hall–Kier alpha value is -2.99. The predicted molar refractivity (Wildman–Crippen MR) is 118 cm³/mol. The average molecular weight is 405 g/mol. The number of amides is 1. The van der Waals surface area contributed by atoms with Gasteiger partial charge in [-0.2, -0.15) is 0 Å². The summed E-state index contributed by atoms with van der Waals surface area (Å²) >= 11 is 0. The lowest BCUT2D eigenvalue weighted by atomic mass is 9.94. The van der Waals surface area contributed by atoms with Gasteiger partial charge in [-0.3, -0.25) is 19.1 Å². The Morgan fingerprint density at radius 3 is 2.60 bits per heavy atom. The fourth-order valence-electron chi connectivity index (χ4n) is 4.10. The van der Waals surface area contributed by atoms with E-state index in [0.29, 0.717) is 23.3 Å². The Kier molecular flexibility index (Phi) is 5.43. The Balaban J connectivity index is 1.43. The van der Waals surface area contributed by atoms with Gasteiger partial charge in [0.15, 0.2) is 0 Å². The molecular formula is C24H28N4O2. The second-order valence-corrected chi connectivity index (χ2v) is 8.60. The van der Waals surface area contributed by atoms with E-state index in [-0.39, 0.29) is 23.6 Å². The van der Waals surface area contributed by atoms with Crippen molar-refractivity contribution in [1.82, 2.24) is 19.8 Å². The van der Waals surface area contributed by atoms with Crippen LogP contribution in [-0.2, 0) is 24.3 Å². The molecule has 6 heteroatoms. The van der Waals surface area contributed by atoms with E-state index in [1.165, 1.54) is 15.7 Å². The van der Waals surface area contributed by atoms with Gasteiger partial charge in [0.2, 0.25) is 5.91 Å². The second kappa shape index (κ2) is 8.03. The topological polar surface area (TPSA) is 67.2 Å². The molecular weight excluding hydrogens is 376 g/mol. The highest BCUT2D eigenvalue weighted by Crippen LogP contribution is 2.24. The summed E-state index contributed by atoms with van der Waals surface area (Å²) in [5.41, 5.74) is 3.05. The van der Waals surface area contributed by atoms with E-state index in [4.69, 9.17) is 0 Å². The van der Waals surface area contributed by atoms with Crippen LogP contribution in [0.2, 0.25) is 0 Å². The van der Waals surface area contributed by atoms with E-state index in [1.54, 1.807) is 13.0 Å². The highest BCUT2D eigenvalue weighted by Gasteiger charge is 2.30. The van der Waals surface area contributed by atoms with Crippen molar-refractivity contribution in [2.75, 3.05) is 13.1 Å². The number of carbonyl (C=O) groups is 1. The molecule has 0 aliphatic carbocycles. The second-order valence-electron chi connectivity index (χ2n) is 8.60. The Labute approximate surface area is 176 Å². The highest BCUT2D eigenvalue weighted by atomic mass is 16.2. The van der Waals surface area contributed by atoms with Crippen molar-refractivity contribution in [3.05, 3.63) is 75.8 Å². The number of hydrogen-bond acceptors (Lipinski definition) is 4. The number of aryl methyl sites for hydroxylation is 1. The fourth-order valence-corrected chi connectivity index (χ4v) is 4.10. The maximum atomic E-state index is 12.8. The van der Waals surface area contributed by atoms with Crippen LogP contribution >= 0.6 is 0 Å². The van der Waals surface area contributed by atoms with Crippen LogP contribution in [0.3, 0.4) is 0 Å². The van der Waals surface area contributed by atoms with Crippen molar-refractivity contribution in [2.45, 2.75) is 45.8 Å². The fraction of sp³-hybridized carbons (Fsp3) is 0.375. The van der Waals surface area contributed by atoms with Crippen LogP contribution < -0.4 is 10.9 Å². The molecule has 1 amide bonds. The molecule has 1 aliphatic rings. The molecule has 0 bridgehead atoms. The summed E-state index contributed by atoms with van der Waals surface area (Å²) in [6.45, 7) is 8.39. The number of fused-ring (bicyclic) bond motifs is 2. The SMILES string of the molecule is Cc1nc2ccccc2c(=O)n1CC(=O)NCC(C)(C)N1CCc2ccccc2C1. The van der Waals surface area contributed by atoms with Crippen LogP contribution in [0, 0.1) is 6.92 Å². The van der Waals surface area contributed by atoms with Crippen LogP contribution in [0.4, 0.5) is 0 Å². The zero-order chi connectivity index (χ0) is 21.3. The average Bonchev–Trinajstić information content (AvgIpc) is 2.75. The van der Waals surface area contributed by atoms with Gasteiger partial charge in [0.05, 0.1) is 10.9 Å². The van der Waals surface area contributed by atoms with Crippen LogP contribution in [-0.4, -0.2) is 39.0 Å². The minimum atomic E-state index is -0.190. The van der Waals surface area contributed by atoms with Gasteiger partial charge in [-0.1, -0.05) is 36.4 Å². The van der Waals surface area contributed by atoms with Gasteiger partial charge in [0.25, 0.3) is 5.56 Å². The van der Waals surface area contributed by atoms with Crippen LogP contribution in [0.1, 0.15) is 30.8 Å². The summed E-state index contributed by atoms with van der Waals surface area (Å²) in [6.07, 6.45) is 1.02. The lowest BCUT2D eigenvalue weighted by Gasteiger charge is -2.41. The Bertz CT molecular complexity index is 1150. The third-order valence-corrected chi connectivity index (χ3v) is 6.06. The smallest absolute Gasteiger partial charge is 0.261 e. The number of nitrogens with zero attached hydrogens (tertiary/aromatic N) is 3. The summed E-state index contributed by atoms with van der Waals surface area (Å²) in [7, 11) is 0. The molecule has 4 rings (SSSR count). The van der Waals surface area contributed by atoms with Crippen molar-refractivity contribution < 1.29 is 4.79 Å². The van der Waals surface area contributed by atoms with Crippen molar-refractivity contribution >= 4 is 16.8 Å². The highest BCUT2D eigenvalue weighted by molar-refractivity contribution is 5.79. The molecule has 0 saturated heterocycles. The first kappa shape index (κ1) is 20.3. The molecule has 3 aromatic rings. The van der Waals surface area contributed by atoms with Gasteiger partial charge in [-0.05, 0) is 50.5 Å². The standard InChI is InChI=1S/C24H28N4O2/c1-17-26-21-11-7-6-10-20(21)23(30)28(17)15-22(29)25-16-24(2,3)27-13-12-18-8-4-5-9-19(18)14-27/h4-11H,12-16H2,1-3H3,(H,25,29). The lowest BCUT2D eigenvalue weighted by molar-refractivity contribution is -0.122. The summed E-state index contributed by atoms with van der Waals surface area (Å²) in [4.78, 5) is 32.3. The molecule has 6 nitrogen and oxygen atoms in total. The van der Waals surface area contributed by atoms with E-state index >= 15 is 0 Å². The van der Waals surface area contributed by atoms with Gasteiger partial charge >= 0.3 is 0 Å². The first-order valence-electron chi connectivity index (χ1n) is 10.4. The Morgan fingerprint density at radius 2 is 1.80 bits per heavy atom. The van der Waals surface area contributed by atoms with Crippen molar-refractivity contribution in [2.24, 2.45) is 0 Å². The van der Waals surface area contributed by atoms with E-state index < -0.39 is 0 Å². The van der Waals surface area contributed by atoms with E-state index in [9.17, 15) is 9.59 Å². The number of benzene rings is 2. The molecule has 0 fully saturated rings. The molecule has 2 aromatic carbocycles. The summed E-state index contributed by atoms with van der Waals surface area (Å²) in [5, 5.41) is 3.56. The third-order valence-electron chi connectivity index (χ3n) is 6.06. The summed E-state index contributed by atoms with van der Waals surface area (Å²) in [6, 6.07) is 15.8. The van der Waals surface area contributed by atoms with Crippen molar-refractivity contribution in [1.29, 1.82) is 0 Å². The molecule has 0 unspecified atom stereocenters. The molecule has 1 N–H and O–H groups in total. The number of rotatable bonds is 5. The molecule has 0 saturated carbocycles. The van der Waals surface area contributed by atoms with Crippen LogP contribution in [0.5, 0.6) is 0 Å². The zero-order valence-corrected chi connectivity index (χ0v) is 17.8. The lowest BCUT2D eigenvalue weighted by Crippen LogP contribution is -2.53. The summed E-state index contributed by atoms with van der Waals surface area (Å²) in [5.74, 6) is 0.364. The zero-order valence-electron chi connectivity index (χ0n) is 17.8. The number of para-hydroxylation sites is 1. The van der Waals surface area contributed by atoms with Gasteiger partial charge in [0, 0.05) is 25.2 Å². The number of carbonyl (C=O) groups excluding carboxylic acids is 1. The quantitative estimate of drug-likeness (QED) is 0.710. The molecule has 0 spiro atoms. The van der Waals surface area contributed by atoms with Crippen LogP contribution in [0.25, 0.3) is 10.9 Å². The third kappa shape index (κ3) is 4.00. The number of nitrogens with one attached hydrogen (secondary N) is 1. The van der Waals surface area contributed by atoms with Crippen LogP contribution in [0.15, 0.2) is 53.3 Å². The monoisotopic (exact) mass is 404 g/mol. The minimum Gasteiger partial charge on any atom is -0.353 e. The first-order valence-corrected chi connectivity index (χ1v) is 10.4. The maximum Gasteiger partial charge on any atom is 0.261 e. The van der Waals surface area contributed by atoms with Crippen molar-refractivity contribution in [3.63, 3.8) is 0 Å². The molecule has 1 aromatic heterocycles. The maximum absolute atomic E-state index is 12.8. The van der Waals surface area contributed by atoms with E-state index in [0.717, 1.165) is 19.5 Å². The van der Waals surface area contributed by atoms with Gasteiger partial charge < -0.3 is 5.32 Å². The van der Waals surface area contributed by atoms with Gasteiger partial charge in [0.1, 0.15) is 12.4 Å². The molecule has 0 radical (unpaired) electrons. The van der Waals surface area contributed by atoms with Gasteiger partial charge in [-0.25, -0.2) is 4.98 Å². The summed E-state index contributed by atoms with van der Waals surface area (Å²) < 4.78 is 1.45. The normalized spacial score (nSPS) is 14.5.